The highest BCUT2D eigenvalue weighted by Crippen LogP contribution is 2.23. The largest absolute Gasteiger partial charge is 0.292 e. The van der Waals surface area contributed by atoms with E-state index in [1.54, 1.807) is 23.6 Å². The molecule has 16 heavy (non-hydrogen) atoms. The standard InChI is InChI=1S/C11H7Br2NOS/c12-7-1-3-9(14-6-7)10(15)5-8-2-4-11(13)16-8/h1-4,6H,5H2. The third-order valence-electron chi connectivity index (χ3n) is 1.98. The van der Waals surface area contributed by atoms with E-state index in [0.717, 1.165) is 13.1 Å². The van der Waals surface area contributed by atoms with E-state index in [1.807, 2.05) is 18.2 Å². The van der Waals surface area contributed by atoms with E-state index in [1.165, 1.54) is 0 Å². The zero-order valence-electron chi connectivity index (χ0n) is 8.11. The lowest BCUT2D eigenvalue weighted by Gasteiger charge is -1.98. The van der Waals surface area contributed by atoms with Gasteiger partial charge < -0.3 is 0 Å². The quantitative estimate of drug-likeness (QED) is 0.771. The van der Waals surface area contributed by atoms with Crippen molar-refractivity contribution in [2.75, 3.05) is 0 Å². The molecule has 5 heteroatoms. The Hall–Kier alpha value is -0.520. The number of rotatable bonds is 3. The van der Waals surface area contributed by atoms with Crippen molar-refractivity contribution < 1.29 is 4.79 Å². The van der Waals surface area contributed by atoms with Crippen LogP contribution in [-0.4, -0.2) is 10.8 Å². The van der Waals surface area contributed by atoms with Crippen molar-refractivity contribution in [3.63, 3.8) is 0 Å². The molecule has 0 atom stereocenters. The molecule has 0 N–H and O–H groups in total. The Kier molecular flexibility index (Phi) is 3.89. The molecule has 0 amide bonds. The van der Waals surface area contributed by atoms with Crippen LogP contribution in [0.15, 0.2) is 38.7 Å². The summed E-state index contributed by atoms with van der Waals surface area (Å²) in [6.45, 7) is 0. The minimum atomic E-state index is 0.0434. The van der Waals surface area contributed by atoms with E-state index < -0.39 is 0 Å². The first-order valence-corrected chi connectivity index (χ1v) is 6.94. The summed E-state index contributed by atoms with van der Waals surface area (Å²) < 4.78 is 1.92. The van der Waals surface area contributed by atoms with Crippen molar-refractivity contribution in [2.24, 2.45) is 0 Å². The molecule has 0 aliphatic heterocycles. The van der Waals surface area contributed by atoms with Crippen molar-refractivity contribution in [3.8, 4) is 0 Å². The van der Waals surface area contributed by atoms with Crippen molar-refractivity contribution >= 4 is 49.0 Å². The first kappa shape index (κ1) is 12.0. The van der Waals surface area contributed by atoms with Crippen LogP contribution in [0, 0.1) is 0 Å². The molecule has 0 radical (unpaired) electrons. The molecular weight excluding hydrogens is 354 g/mol. The highest BCUT2D eigenvalue weighted by atomic mass is 79.9. The molecule has 0 unspecified atom stereocenters. The van der Waals surface area contributed by atoms with Crippen molar-refractivity contribution in [2.45, 2.75) is 6.42 Å². The van der Waals surface area contributed by atoms with Gasteiger partial charge in [0.2, 0.25) is 0 Å². The normalized spacial score (nSPS) is 10.4. The number of carbonyl (C=O) groups is 1. The summed E-state index contributed by atoms with van der Waals surface area (Å²) in [5.41, 5.74) is 0.507. The number of aromatic nitrogens is 1. The monoisotopic (exact) mass is 359 g/mol. The van der Waals surface area contributed by atoms with Gasteiger partial charge in [0.1, 0.15) is 5.69 Å². The number of hydrogen-bond donors (Lipinski definition) is 0. The molecule has 2 aromatic heterocycles. The Morgan fingerprint density at radius 1 is 1.25 bits per heavy atom. The number of pyridine rings is 1. The van der Waals surface area contributed by atoms with E-state index >= 15 is 0 Å². The molecule has 2 nitrogen and oxygen atoms in total. The summed E-state index contributed by atoms with van der Waals surface area (Å²) >= 11 is 8.23. The molecule has 0 aliphatic rings. The molecule has 0 aromatic carbocycles. The van der Waals surface area contributed by atoms with Crippen LogP contribution in [0.3, 0.4) is 0 Å². The summed E-state index contributed by atoms with van der Waals surface area (Å²) in [4.78, 5) is 17.0. The highest BCUT2D eigenvalue weighted by Gasteiger charge is 2.09. The second kappa shape index (κ2) is 5.21. The Bertz CT molecular complexity index is 507. The zero-order valence-corrected chi connectivity index (χ0v) is 12.1. The van der Waals surface area contributed by atoms with Crippen LogP contribution in [0.25, 0.3) is 0 Å². The minimum absolute atomic E-state index is 0.0434. The van der Waals surface area contributed by atoms with Gasteiger partial charge in [-0.3, -0.25) is 9.78 Å². The fourth-order valence-electron chi connectivity index (χ4n) is 1.24. The number of carbonyl (C=O) groups excluding carboxylic acids is 1. The lowest BCUT2D eigenvalue weighted by molar-refractivity contribution is 0.0989. The predicted octanol–water partition coefficient (Wildman–Crippen LogP) is 4.09. The molecule has 2 heterocycles. The van der Waals surface area contributed by atoms with Crippen molar-refractivity contribution in [1.82, 2.24) is 4.98 Å². The molecule has 0 bridgehead atoms. The molecule has 0 saturated heterocycles. The van der Waals surface area contributed by atoms with Gasteiger partial charge in [-0.15, -0.1) is 11.3 Å². The SMILES string of the molecule is O=C(Cc1ccc(Br)s1)c1ccc(Br)cn1. The first-order chi connectivity index (χ1) is 7.65. The fraction of sp³-hybridized carbons (Fsp3) is 0.0909. The summed E-state index contributed by atoms with van der Waals surface area (Å²) in [6, 6.07) is 7.45. The van der Waals surface area contributed by atoms with E-state index in [-0.39, 0.29) is 5.78 Å². The predicted molar refractivity (Wildman–Crippen MR) is 72.0 cm³/mol. The fourth-order valence-corrected chi connectivity index (χ4v) is 2.95. The summed E-state index contributed by atoms with van der Waals surface area (Å²) in [5.74, 6) is 0.0434. The van der Waals surface area contributed by atoms with E-state index in [4.69, 9.17) is 0 Å². The number of thiophene rings is 1. The number of hydrogen-bond acceptors (Lipinski definition) is 3. The molecular formula is C11H7Br2NOS. The maximum atomic E-state index is 11.8. The highest BCUT2D eigenvalue weighted by molar-refractivity contribution is 9.11. The van der Waals surface area contributed by atoms with Crippen LogP contribution in [0.1, 0.15) is 15.4 Å². The average Bonchev–Trinajstić information content (AvgIpc) is 2.65. The lowest BCUT2D eigenvalue weighted by Crippen LogP contribution is -2.04. The summed E-state index contributed by atoms with van der Waals surface area (Å²) in [6.07, 6.45) is 2.04. The van der Waals surface area contributed by atoms with Crippen LogP contribution in [-0.2, 0) is 6.42 Å². The number of ketones is 1. The Morgan fingerprint density at radius 2 is 2.06 bits per heavy atom. The molecule has 0 fully saturated rings. The molecule has 0 aliphatic carbocycles. The smallest absolute Gasteiger partial charge is 0.186 e. The van der Waals surface area contributed by atoms with Gasteiger partial charge in [-0.05, 0) is 56.1 Å². The van der Waals surface area contributed by atoms with Crippen LogP contribution >= 0.6 is 43.2 Å². The number of halogens is 2. The number of Topliss-reactive ketones (excluding diaryl/α,β-unsaturated/α-hetero) is 1. The molecule has 2 rings (SSSR count). The third-order valence-corrected chi connectivity index (χ3v) is 4.07. The van der Waals surface area contributed by atoms with E-state index in [9.17, 15) is 4.79 Å². The molecule has 0 saturated carbocycles. The Balaban J connectivity index is 2.11. The van der Waals surface area contributed by atoms with Gasteiger partial charge in [-0.1, -0.05) is 0 Å². The summed E-state index contributed by atoms with van der Waals surface area (Å²) in [7, 11) is 0. The van der Waals surface area contributed by atoms with Gasteiger partial charge in [0, 0.05) is 22.0 Å². The van der Waals surface area contributed by atoms with Crippen LogP contribution < -0.4 is 0 Å². The number of nitrogens with zero attached hydrogens (tertiary/aromatic N) is 1. The minimum Gasteiger partial charge on any atom is -0.292 e. The van der Waals surface area contributed by atoms with Crippen molar-refractivity contribution in [1.29, 1.82) is 0 Å². The third kappa shape index (κ3) is 2.99. The second-order valence-electron chi connectivity index (χ2n) is 3.17. The Labute approximate surface area is 114 Å². The van der Waals surface area contributed by atoms with Gasteiger partial charge >= 0.3 is 0 Å². The van der Waals surface area contributed by atoms with Crippen LogP contribution in [0.5, 0.6) is 0 Å². The van der Waals surface area contributed by atoms with Crippen molar-refractivity contribution in [3.05, 3.63) is 49.3 Å². The van der Waals surface area contributed by atoms with Gasteiger partial charge in [0.05, 0.1) is 3.79 Å². The van der Waals surface area contributed by atoms with E-state index in [2.05, 4.69) is 36.8 Å². The topological polar surface area (TPSA) is 30.0 Å². The average molecular weight is 361 g/mol. The Morgan fingerprint density at radius 3 is 2.62 bits per heavy atom. The lowest BCUT2D eigenvalue weighted by atomic mass is 10.2. The molecule has 0 spiro atoms. The maximum absolute atomic E-state index is 11.8. The van der Waals surface area contributed by atoms with Crippen LogP contribution in [0.4, 0.5) is 0 Å². The zero-order chi connectivity index (χ0) is 11.5. The van der Waals surface area contributed by atoms with Gasteiger partial charge in [0.25, 0.3) is 0 Å². The van der Waals surface area contributed by atoms with E-state index in [0.29, 0.717) is 12.1 Å². The van der Waals surface area contributed by atoms with Crippen LogP contribution in [0.2, 0.25) is 0 Å². The second-order valence-corrected chi connectivity index (χ2v) is 6.63. The van der Waals surface area contributed by atoms with Gasteiger partial charge in [-0.2, -0.15) is 0 Å². The first-order valence-electron chi connectivity index (χ1n) is 4.54. The molecule has 2 aromatic rings. The summed E-state index contributed by atoms with van der Waals surface area (Å²) in [5, 5.41) is 0. The van der Waals surface area contributed by atoms with Gasteiger partial charge in [0.15, 0.2) is 5.78 Å². The molecule has 82 valence electrons. The van der Waals surface area contributed by atoms with Gasteiger partial charge in [-0.25, -0.2) is 0 Å². The maximum Gasteiger partial charge on any atom is 0.186 e.